The number of aliphatic hydroxyl groups excluding tert-OH is 8. The van der Waals surface area contributed by atoms with Gasteiger partial charge in [-0.25, -0.2) is 0 Å². The predicted molar refractivity (Wildman–Crippen MR) is 147 cm³/mol. The molecule has 2 aromatic carbocycles. The van der Waals surface area contributed by atoms with Crippen molar-refractivity contribution in [3.05, 3.63) is 40.6 Å². The Labute approximate surface area is 252 Å². The normalized spacial score (nSPS) is 31.9. The molecule has 0 aliphatic carbocycles. The molecule has 0 amide bonds. The van der Waals surface area contributed by atoms with E-state index >= 15 is 0 Å². The van der Waals surface area contributed by atoms with Crippen molar-refractivity contribution in [1.29, 1.82) is 0 Å². The van der Waals surface area contributed by atoms with Gasteiger partial charge in [0.25, 0.3) is 0 Å². The minimum Gasteiger partial charge on any atom is -0.507 e. The lowest BCUT2D eigenvalue weighted by Gasteiger charge is -2.39. The van der Waals surface area contributed by atoms with Crippen molar-refractivity contribution in [3.8, 4) is 40.1 Å². The summed E-state index contributed by atoms with van der Waals surface area (Å²) in [6, 6.07) is 5.87. The second-order valence-corrected chi connectivity index (χ2v) is 10.4. The number of benzene rings is 2. The molecule has 1 aromatic heterocycles. The van der Waals surface area contributed by atoms with Crippen LogP contribution in [-0.2, 0) is 9.47 Å². The van der Waals surface area contributed by atoms with Gasteiger partial charge < -0.3 is 79.2 Å². The number of phenols is 2. The molecule has 0 radical (unpaired) electrons. The fourth-order valence-electron chi connectivity index (χ4n) is 5.02. The van der Waals surface area contributed by atoms with E-state index in [2.05, 4.69) is 0 Å². The summed E-state index contributed by atoms with van der Waals surface area (Å²) in [5.41, 5.74) is -1.27. The number of aliphatic hydroxyl groups is 8. The minimum atomic E-state index is -1.91. The van der Waals surface area contributed by atoms with Crippen LogP contribution in [0.4, 0.5) is 0 Å². The van der Waals surface area contributed by atoms with Crippen molar-refractivity contribution < 1.29 is 79.2 Å². The first-order valence-corrected chi connectivity index (χ1v) is 13.6. The molecule has 10 N–H and O–H groups in total. The van der Waals surface area contributed by atoms with Crippen LogP contribution in [0.5, 0.6) is 28.7 Å². The Bertz CT molecular complexity index is 1570. The Kier molecular flexibility index (Phi) is 9.38. The third kappa shape index (κ3) is 5.98. The zero-order valence-corrected chi connectivity index (χ0v) is 23.4. The van der Waals surface area contributed by atoms with E-state index in [1.54, 1.807) is 0 Å². The van der Waals surface area contributed by atoms with Crippen molar-refractivity contribution >= 4 is 11.0 Å². The van der Waals surface area contributed by atoms with E-state index in [4.69, 9.17) is 28.1 Å². The molecule has 2 aliphatic heterocycles. The molecule has 2 saturated heterocycles. The van der Waals surface area contributed by atoms with Crippen LogP contribution in [-0.4, -0.2) is 133 Å². The number of fused-ring (bicyclic) bond motifs is 1. The molecule has 0 spiro atoms. The number of ether oxygens (including phenoxy) is 5. The molecule has 0 bridgehead atoms. The summed E-state index contributed by atoms with van der Waals surface area (Å²) >= 11 is 0. The maximum atomic E-state index is 13.8. The molecule has 10 atom stereocenters. The number of aromatic hydroxyl groups is 2. The topological polar surface area (TPSA) is 279 Å². The van der Waals surface area contributed by atoms with Gasteiger partial charge in [-0.1, -0.05) is 0 Å². The lowest BCUT2D eigenvalue weighted by Crippen LogP contribution is -2.60. The highest BCUT2D eigenvalue weighted by molar-refractivity contribution is 5.88. The van der Waals surface area contributed by atoms with E-state index in [1.807, 2.05) is 0 Å². The lowest BCUT2D eigenvalue weighted by atomic mass is 9.99. The first-order valence-electron chi connectivity index (χ1n) is 13.6. The van der Waals surface area contributed by atoms with E-state index in [0.717, 1.165) is 12.1 Å². The molecule has 17 heteroatoms. The number of methoxy groups -OCH3 is 1. The average Bonchev–Trinajstić information content (AvgIpc) is 3.02. The molecule has 0 saturated carbocycles. The summed E-state index contributed by atoms with van der Waals surface area (Å²) < 4.78 is 33.1. The lowest BCUT2D eigenvalue weighted by molar-refractivity contribution is -0.277. The smallest absolute Gasteiger partial charge is 0.239 e. The highest BCUT2D eigenvalue weighted by Crippen LogP contribution is 2.40. The maximum absolute atomic E-state index is 13.8. The van der Waals surface area contributed by atoms with E-state index in [0.29, 0.717) is 0 Å². The van der Waals surface area contributed by atoms with E-state index in [-0.39, 0.29) is 34.2 Å². The second kappa shape index (κ2) is 12.9. The molecule has 2 aliphatic rings. The van der Waals surface area contributed by atoms with Crippen LogP contribution >= 0.6 is 0 Å². The molecule has 17 nitrogen and oxygen atoms in total. The van der Waals surface area contributed by atoms with E-state index in [9.17, 15) is 55.9 Å². The van der Waals surface area contributed by atoms with Crippen LogP contribution in [0.2, 0.25) is 0 Å². The van der Waals surface area contributed by atoms with Gasteiger partial charge >= 0.3 is 0 Å². The molecule has 5 rings (SSSR count). The largest absolute Gasteiger partial charge is 0.507 e. The monoisotopic (exact) mass is 640 g/mol. The van der Waals surface area contributed by atoms with Crippen molar-refractivity contribution in [2.75, 3.05) is 20.3 Å². The van der Waals surface area contributed by atoms with E-state index in [1.165, 1.54) is 25.3 Å². The van der Waals surface area contributed by atoms with Crippen LogP contribution < -0.4 is 19.6 Å². The van der Waals surface area contributed by atoms with Gasteiger partial charge in [0.05, 0.1) is 20.3 Å². The molecule has 0 unspecified atom stereocenters. The quantitative estimate of drug-likeness (QED) is 0.119. The summed E-state index contributed by atoms with van der Waals surface area (Å²) in [7, 11) is 1.27. The summed E-state index contributed by atoms with van der Waals surface area (Å²) in [5.74, 6) is -2.30. The number of hydrogen-bond acceptors (Lipinski definition) is 17. The fraction of sp³-hybridized carbons (Fsp3) is 0.464. The molecular weight excluding hydrogens is 608 g/mol. The van der Waals surface area contributed by atoms with Gasteiger partial charge in [0, 0.05) is 17.7 Å². The molecular formula is C28H32O17. The first-order chi connectivity index (χ1) is 21.4. The average molecular weight is 641 g/mol. The van der Waals surface area contributed by atoms with Crippen molar-refractivity contribution in [2.45, 2.75) is 61.4 Å². The van der Waals surface area contributed by atoms with Crippen molar-refractivity contribution in [3.63, 3.8) is 0 Å². The fourth-order valence-corrected chi connectivity index (χ4v) is 5.02. The van der Waals surface area contributed by atoms with Crippen LogP contribution in [0.1, 0.15) is 0 Å². The highest BCUT2D eigenvalue weighted by Gasteiger charge is 2.46. The van der Waals surface area contributed by atoms with Crippen LogP contribution in [0.15, 0.2) is 39.5 Å². The Morgan fingerprint density at radius 3 is 1.87 bits per heavy atom. The summed E-state index contributed by atoms with van der Waals surface area (Å²) in [6.07, 6.45) is -16.8. The summed E-state index contributed by atoms with van der Waals surface area (Å²) in [5, 5.41) is 101. The predicted octanol–water partition coefficient (Wildman–Crippen LogP) is -2.76. The maximum Gasteiger partial charge on any atom is 0.239 e. The highest BCUT2D eigenvalue weighted by atomic mass is 16.7. The third-order valence-electron chi connectivity index (χ3n) is 7.53. The first kappa shape index (κ1) is 32.6. The molecule has 246 valence electrons. The summed E-state index contributed by atoms with van der Waals surface area (Å²) in [4.78, 5) is 13.8. The summed E-state index contributed by atoms with van der Waals surface area (Å²) in [6.45, 7) is -1.50. The molecule has 45 heavy (non-hydrogen) atoms. The van der Waals surface area contributed by atoms with Gasteiger partial charge in [0.2, 0.25) is 23.8 Å². The van der Waals surface area contributed by atoms with Crippen LogP contribution in [0.3, 0.4) is 0 Å². The third-order valence-corrected chi connectivity index (χ3v) is 7.53. The molecule has 3 heterocycles. The van der Waals surface area contributed by atoms with E-state index < -0.39 is 96.9 Å². The number of hydrogen-bond donors (Lipinski definition) is 10. The Hall–Kier alpha value is -3.75. The Balaban J connectivity index is 1.61. The van der Waals surface area contributed by atoms with Crippen molar-refractivity contribution in [1.82, 2.24) is 0 Å². The van der Waals surface area contributed by atoms with Crippen molar-refractivity contribution in [2.24, 2.45) is 0 Å². The number of rotatable bonds is 8. The van der Waals surface area contributed by atoms with Gasteiger partial charge in [-0.15, -0.1) is 0 Å². The molecule has 3 aromatic rings. The van der Waals surface area contributed by atoms with Gasteiger partial charge in [-0.05, 0) is 18.2 Å². The second-order valence-electron chi connectivity index (χ2n) is 10.4. The zero-order valence-electron chi connectivity index (χ0n) is 23.4. The van der Waals surface area contributed by atoms with Crippen LogP contribution in [0, 0.1) is 0 Å². The Morgan fingerprint density at radius 1 is 0.733 bits per heavy atom. The van der Waals surface area contributed by atoms with Gasteiger partial charge in [0.15, 0.2) is 17.3 Å². The number of phenolic OH excluding ortho intramolecular Hbond substituents is 2. The minimum absolute atomic E-state index is 0.0448. The van der Waals surface area contributed by atoms with Gasteiger partial charge in [-0.2, -0.15) is 0 Å². The Morgan fingerprint density at radius 2 is 1.31 bits per heavy atom. The SMILES string of the molecule is COc1cc(-c2oc3cc(O[C@@H]4O[C@H](CO)[C@@H](O)[C@H](O)[C@H]4O)cc(O)c3c(=O)c2O[C@H]2O[C@@H](CO)[C@@H](O)[C@@H](O)[C@@H]2O)ccc1O. The zero-order chi connectivity index (χ0) is 32.7. The van der Waals surface area contributed by atoms with Gasteiger partial charge in [0.1, 0.15) is 71.3 Å². The van der Waals surface area contributed by atoms with Gasteiger partial charge in [-0.3, -0.25) is 4.79 Å². The molecule has 2 fully saturated rings. The standard InChI is InChI=1S/C28H32O17/c1-40-13-4-9(2-3-11(13)31)25-26(45-28-24(39)22(37)19(34)16(8-30)44-28)20(35)17-12(32)5-10(6-14(17)42-25)41-27-23(38)21(36)18(33)15(7-29)43-27/h2-6,15-16,18-19,21-24,27-34,36-39H,7-8H2,1H3/t15-,16+,18-,19-,21+,22-,23-,24+,27-,28-/m1/s1. The van der Waals surface area contributed by atoms with Crippen LogP contribution in [0.25, 0.3) is 22.3 Å².